The molecule has 1 unspecified atom stereocenters. The first-order valence-corrected chi connectivity index (χ1v) is 7.03. The third kappa shape index (κ3) is 2.59. The molecule has 0 saturated heterocycles. The zero-order valence-electron chi connectivity index (χ0n) is 11.8. The number of benzene rings is 1. The lowest BCUT2D eigenvalue weighted by molar-refractivity contribution is 0.0683. The van der Waals surface area contributed by atoms with Crippen molar-refractivity contribution >= 4 is 0 Å². The molecule has 106 valence electrons. The molecule has 2 heterocycles. The van der Waals surface area contributed by atoms with Crippen molar-refractivity contribution in [3.63, 3.8) is 0 Å². The summed E-state index contributed by atoms with van der Waals surface area (Å²) < 4.78 is 10.9. The summed E-state index contributed by atoms with van der Waals surface area (Å²) >= 11 is 0. The molecule has 1 aliphatic rings. The van der Waals surface area contributed by atoms with E-state index in [0.717, 1.165) is 13.0 Å². The van der Waals surface area contributed by atoms with Gasteiger partial charge in [-0.25, -0.2) is 0 Å². The lowest BCUT2D eigenvalue weighted by atomic mass is 9.96. The molecule has 0 aliphatic carbocycles. The van der Waals surface area contributed by atoms with E-state index < -0.39 is 0 Å². The van der Waals surface area contributed by atoms with Gasteiger partial charge >= 0.3 is 0 Å². The summed E-state index contributed by atoms with van der Waals surface area (Å²) in [6.07, 6.45) is 0.745. The van der Waals surface area contributed by atoms with Gasteiger partial charge in [-0.1, -0.05) is 29.4 Å². The smallest absolute Gasteiger partial charge is 0.244 e. The van der Waals surface area contributed by atoms with Gasteiger partial charge in [-0.05, 0) is 31.4 Å². The summed E-state index contributed by atoms with van der Waals surface area (Å²) in [6, 6.07) is 8.52. The average molecular weight is 273 g/mol. The molecule has 5 nitrogen and oxygen atoms in total. The number of hydrogen-bond donors (Lipinski definition) is 1. The highest BCUT2D eigenvalue weighted by atomic mass is 16.5. The minimum atomic E-state index is -0.131. The van der Waals surface area contributed by atoms with Gasteiger partial charge in [-0.3, -0.25) is 0 Å². The second kappa shape index (κ2) is 5.73. The first-order valence-electron chi connectivity index (χ1n) is 7.03. The third-order valence-corrected chi connectivity index (χ3v) is 3.62. The van der Waals surface area contributed by atoms with Crippen LogP contribution in [0.15, 0.2) is 28.8 Å². The number of ether oxygens (including phenoxy) is 1. The molecule has 0 fully saturated rings. The largest absolute Gasteiger partial charge is 0.371 e. The SMILES string of the molecule is CCOC(C)c1noc([C@@H]2Cc3ccccc3CN2)n1. The van der Waals surface area contributed by atoms with Crippen LogP contribution in [-0.4, -0.2) is 16.7 Å². The zero-order valence-corrected chi connectivity index (χ0v) is 11.8. The van der Waals surface area contributed by atoms with Crippen molar-refractivity contribution < 1.29 is 9.26 Å². The maximum Gasteiger partial charge on any atom is 0.244 e. The first-order chi connectivity index (χ1) is 9.78. The fourth-order valence-electron chi connectivity index (χ4n) is 2.51. The van der Waals surface area contributed by atoms with Crippen molar-refractivity contribution in [3.8, 4) is 0 Å². The Morgan fingerprint density at radius 1 is 1.40 bits per heavy atom. The van der Waals surface area contributed by atoms with Crippen LogP contribution >= 0.6 is 0 Å². The molecule has 20 heavy (non-hydrogen) atoms. The predicted octanol–water partition coefficient (Wildman–Crippen LogP) is 2.55. The molecular weight excluding hydrogens is 254 g/mol. The maximum atomic E-state index is 5.48. The quantitative estimate of drug-likeness (QED) is 0.927. The fourth-order valence-corrected chi connectivity index (χ4v) is 2.51. The van der Waals surface area contributed by atoms with Crippen molar-refractivity contribution in [1.29, 1.82) is 0 Å². The van der Waals surface area contributed by atoms with Crippen molar-refractivity contribution in [2.24, 2.45) is 0 Å². The Labute approximate surface area is 118 Å². The molecular formula is C15H19N3O2. The van der Waals surface area contributed by atoms with Gasteiger partial charge in [0, 0.05) is 13.2 Å². The van der Waals surface area contributed by atoms with E-state index in [0.29, 0.717) is 18.3 Å². The van der Waals surface area contributed by atoms with Gasteiger partial charge in [0.05, 0.1) is 6.04 Å². The van der Waals surface area contributed by atoms with Crippen LogP contribution in [0.25, 0.3) is 0 Å². The Morgan fingerprint density at radius 2 is 2.20 bits per heavy atom. The monoisotopic (exact) mass is 273 g/mol. The predicted molar refractivity (Wildman–Crippen MR) is 74.1 cm³/mol. The summed E-state index contributed by atoms with van der Waals surface area (Å²) in [5.41, 5.74) is 2.68. The second-order valence-corrected chi connectivity index (χ2v) is 4.99. The van der Waals surface area contributed by atoms with Crippen LogP contribution < -0.4 is 5.32 Å². The molecule has 1 aromatic heterocycles. The minimum Gasteiger partial charge on any atom is -0.371 e. The molecule has 1 N–H and O–H groups in total. The lowest BCUT2D eigenvalue weighted by Crippen LogP contribution is -2.28. The molecule has 3 rings (SSSR count). The normalized spacial score (nSPS) is 19.6. The van der Waals surface area contributed by atoms with E-state index in [1.807, 2.05) is 13.8 Å². The molecule has 1 aliphatic heterocycles. The van der Waals surface area contributed by atoms with Crippen LogP contribution in [0.3, 0.4) is 0 Å². The Morgan fingerprint density at radius 3 is 3.00 bits per heavy atom. The van der Waals surface area contributed by atoms with Crippen molar-refractivity contribution in [1.82, 2.24) is 15.5 Å². The van der Waals surface area contributed by atoms with Crippen LogP contribution in [-0.2, 0) is 17.7 Å². The molecule has 1 aromatic carbocycles. The Hall–Kier alpha value is -1.72. The summed E-state index contributed by atoms with van der Waals surface area (Å²) in [4.78, 5) is 4.46. The summed E-state index contributed by atoms with van der Waals surface area (Å²) in [7, 11) is 0. The highest BCUT2D eigenvalue weighted by Crippen LogP contribution is 2.25. The van der Waals surface area contributed by atoms with Gasteiger partial charge in [-0.2, -0.15) is 4.98 Å². The minimum absolute atomic E-state index is 0.0833. The fraction of sp³-hybridized carbons (Fsp3) is 0.467. The van der Waals surface area contributed by atoms with Crippen LogP contribution in [0.5, 0.6) is 0 Å². The van der Waals surface area contributed by atoms with Crippen molar-refractivity contribution in [2.45, 2.75) is 39.0 Å². The number of nitrogens with one attached hydrogen (secondary N) is 1. The maximum absolute atomic E-state index is 5.48. The lowest BCUT2D eigenvalue weighted by Gasteiger charge is -2.23. The number of hydrogen-bond acceptors (Lipinski definition) is 5. The van der Waals surface area contributed by atoms with Crippen molar-refractivity contribution in [3.05, 3.63) is 47.1 Å². The van der Waals surface area contributed by atoms with Gasteiger partial charge in [0.2, 0.25) is 5.89 Å². The standard InChI is InChI=1S/C15H19N3O2/c1-3-19-10(2)14-17-15(20-18-14)13-8-11-6-4-5-7-12(11)9-16-13/h4-7,10,13,16H,3,8-9H2,1-2H3/t10?,13-/m0/s1. The number of fused-ring (bicyclic) bond motifs is 1. The molecule has 0 saturated carbocycles. The van der Waals surface area contributed by atoms with Gasteiger partial charge in [-0.15, -0.1) is 0 Å². The van der Waals surface area contributed by atoms with Crippen LogP contribution in [0.4, 0.5) is 0 Å². The van der Waals surface area contributed by atoms with Crippen molar-refractivity contribution in [2.75, 3.05) is 6.61 Å². The number of nitrogens with zero attached hydrogens (tertiary/aromatic N) is 2. The number of rotatable bonds is 4. The molecule has 2 atom stereocenters. The molecule has 0 radical (unpaired) electrons. The molecule has 2 aromatic rings. The van der Waals surface area contributed by atoms with E-state index in [-0.39, 0.29) is 12.1 Å². The van der Waals surface area contributed by atoms with Gasteiger partial charge in [0.1, 0.15) is 6.10 Å². The van der Waals surface area contributed by atoms with Crippen LogP contribution in [0.2, 0.25) is 0 Å². The Kier molecular flexibility index (Phi) is 3.80. The molecule has 0 bridgehead atoms. The van der Waals surface area contributed by atoms with E-state index in [1.165, 1.54) is 11.1 Å². The Balaban J connectivity index is 1.75. The molecule has 0 spiro atoms. The Bertz CT molecular complexity index is 582. The average Bonchev–Trinajstić information content (AvgIpc) is 2.97. The summed E-state index contributed by atoms with van der Waals surface area (Å²) in [6.45, 7) is 5.36. The highest BCUT2D eigenvalue weighted by molar-refractivity contribution is 5.30. The molecule has 5 heteroatoms. The topological polar surface area (TPSA) is 60.2 Å². The van der Waals surface area contributed by atoms with E-state index >= 15 is 0 Å². The first kappa shape index (κ1) is 13.3. The van der Waals surface area contributed by atoms with E-state index in [9.17, 15) is 0 Å². The van der Waals surface area contributed by atoms with Gasteiger partial charge < -0.3 is 14.6 Å². The zero-order chi connectivity index (χ0) is 13.9. The van der Waals surface area contributed by atoms with Crippen LogP contribution in [0, 0.1) is 0 Å². The summed E-state index contributed by atoms with van der Waals surface area (Å²) in [5, 5.41) is 7.45. The van der Waals surface area contributed by atoms with E-state index in [2.05, 4.69) is 39.7 Å². The van der Waals surface area contributed by atoms with Crippen LogP contribution in [0.1, 0.15) is 48.8 Å². The highest BCUT2D eigenvalue weighted by Gasteiger charge is 2.25. The second-order valence-electron chi connectivity index (χ2n) is 4.99. The van der Waals surface area contributed by atoms with E-state index in [4.69, 9.17) is 9.26 Å². The third-order valence-electron chi connectivity index (χ3n) is 3.62. The van der Waals surface area contributed by atoms with Gasteiger partial charge in [0.25, 0.3) is 0 Å². The summed E-state index contributed by atoms with van der Waals surface area (Å²) in [5.74, 6) is 1.25. The van der Waals surface area contributed by atoms with E-state index in [1.54, 1.807) is 0 Å². The molecule has 0 amide bonds. The number of aromatic nitrogens is 2. The van der Waals surface area contributed by atoms with Gasteiger partial charge in [0.15, 0.2) is 5.82 Å².